The molecule has 0 fully saturated rings. The lowest BCUT2D eigenvalue weighted by Crippen LogP contribution is -2.24. The number of fused-ring (bicyclic) bond motifs is 1. The largest absolute Gasteiger partial charge is 0.491 e. The van der Waals surface area contributed by atoms with Gasteiger partial charge in [-0.15, -0.1) is 0 Å². The van der Waals surface area contributed by atoms with E-state index in [-0.39, 0.29) is 17.7 Å². The zero-order chi connectivity index (χ0) is 14.7. The summed E-state index contributed by atoms with van der Waals surface area (Å²) in [4.78, 5) is 0. The lowest BCUT2D eigenvalue weighted by atomic mass is 10.1. The van der Waals surface area contributed by atoms with E-state index in [2.05, 4.69) is 11.4 Å². The molecule has 21 heavy (non-hydrogen) atoms. The number of ether oxygens (including phenoxy) is 2. The predicted molar refractivity (Wildman–Crippen MR) is 80.6 cm³/mol. The van der Waals surface area contributed by atoms with E-state index in [4.69, 9.17) is 9.47 Å². The van der Waals surface area contributed by atoms with Gasteiger partial charge in [-0.25, -0.2) is 4.39 Å². The number of anilines is 1. The highest BCUT2D eigenvalue weighted by atomic mass is 19.1. The van der Waals surface area contributed by atoms with E-state index in [1.807, 2.05) is 31.2 Å². The van der Waals surface area contributed by atoms with Gasteiger partial charge in [-0.3, -0.25) is 0 Å². The molecule has 2 aromatic rings. The summed E-state index contributed by atoms with van der Waals surface area (Å²) in [7, 11) is 0. The molecule has 1 N–H and O–H groups in total. The van der Waals surface area contributed by atoms with E-state index in [0.717, 1.165) is 17.9 Å². The van der Waals surface area contributed by atoms with Crippen LogP contribution in [0.5, 0.6) is 11.5 Å². The van der Waals surface area contributed by atoms with Gasteiger partial charge in [0.25, 0.3) is 0 Å². The Balaban J connectivity index is 1.58. The first-order valence-corrected chi connectivity index (χ1v) is 7.17. The molecule has 1 aliphatic heterocycles. The Bertz CT molecular complexity index is 605. The molecule has 0 amide bonds. The van der Waals surface area contributed by atoms with E-state index >= 15 is 0 Å². The first-order chi connectivity index (χ1) is 10.3. The second-order valence-corrected chi connectivity index (χ2v) is 5.01. The summed E-state index contributed by atoms with van der Waals surface area (Å²) in [5.41, 5.74) is 1.96. The third kappa shape index (κ3) is 3.10. The van der Waals surface area contributed by atoms with Gasteiger partial charge in [0.15, 0.2) is 11.6 Å². The van der Waals surface area contributed by atoms with Crippen molar-refractivity contribution in [3.63, 3.8) is 0 Å². The molecule has 0 aliphatic carbocycles. The minimum Gasteiger partial charge on any atom is -0.491 e. The summed E-state index contributed by atoms with van der Waals surface area (Å²) < 4.78 is 24.8. The Morgan fingerprint density at radius 3 is 2.90 bits per heavy atom. The van der Waals surface area contributed by atoms with Crippen LogP contribution >= 0.6 is 0 Å². The van der Waals surface area contributed by atoms with E-state index in [1.54, 1.807) is 6.07 Å². The quantitative estimate of drug-likeness (QED) is 0.910. The van der Waals surface area contributed by atoms with Crippen LogP contribution in [0.15, 0.2) is 42.5 Å². The number of hydrogen-bond donors (Lipinski definition) is 1. The van der Waals surface area contributed by atoms with Crippen molar-refractivity contribution in [2.45, 2.75) is 19.4 Å². The van der Waals surface area contributed by atoms with Crippen molar-refractivity contribution in [3.05, 3.63) is 53.8 Å². The summed E-state index contributed by atoms with van der Waals surface area (Å²) >= 11 is 0. The molecule has 0 saturated carbocycles. The molecule has 0 radical (unpaired) electrons. The molecule has 0 bridgehead atoms. The van der Waals surface area contributed by atoms with Gasteiger partial charge in [0.2, 0.25) is 0 Å². The van der Waals surface area contributed by atoms with E-state index in [9.17, 15) is 4.39 Å². The third-order valence-corrected chi connectivity index (χ3v) is 3.48. The zero-order valence-corrected chi connectivity index (χ0v) is 11.9. The topological polar surface area (TPSA) is 30.5 Å². The highest BCUT2D eigenvalue weighted by Crippen LogP contribution is 2.28. The van der Waals surface area contributed by atoms with Gasteiger partial charge in [-0.2, -0.15) is 0 Å². The molecule has 0 saturated heterocycles. The van der Waals surface area contributed by atoms with Gasteiger partial charge in [-0.05, 0) is 30.7 Å². The molecule has 1 atom stereocenters. The predicted octanol–water partition coefficient (Wildman–Crippen LogP) is 3.64. The van der Waals surface area contributed by atoms with Gasteiger partial charge in [-0.1, -0.05) is 18.2 Å². The molecular formula is C17H18FNO2. The molecule has 110 valence electrons. The molecule has 1 aliphatic rings. The summed E-state index contributed by atoms with van der Waals surface area (Å²) in [5.74, 6) is 0.882. The first kappa shape index (κ1) is 13.7. The molecule has 3 rings (SSSR count). The SMILES string of the molecule is CCOc1ccc(NCC2Cc3ccccc3O2)cc1F. The Morgan fingerprint density at radius 1 is 1.29 bits per heavy atom. The lowest BCUT2D eigenvalue weighted by molar-refractivity contribution is 0.246. The number of halogens is 1. The van der Waals surface area contributed by atoms with Crippen LogP contribution in [0.1, 0.15) is 12.5 Å². The van der Waals surface area contributed by atoms with Crippen molar-refractivity contribution >= 4 is 5.69 Å². The van der Waals surface area contributed by atoms with Crippen LogP contribution in [0.25, 0.3) is 0 Å². The van der Waals surface area contributed by atoms with Crippen molar-refractivity contribution in [2.75, 3.05) is 18.5 Å². The van der Waals surface area contributed by atoms with Gasteiger partial charge in [0, 0.05) is 18.2 Å². The standard InChI is InChI=1S/C17H18FNO2/c1-2-20-17-8-7-13(10-15(17)18)19-11-14-9-12-5-3-4-6-16(12)21-14/h3-8,10,14,19H,2,9,11H2,1H3. The van der Waals surface area contributed by atoms with E-state index < -0.39 is 0 Å². The van der Waals surface area contributed by atoms with Gasteiger partial charge in [0.05, 0.1) is 13.2 Å². The van der Waals surface area contributed by atoms with Gasteiger partial charge >= 0.3 is 0 Å². The van der Waals surface area contributed by atoms with Crippen molar-refractivity contribution in [2.24, 2.45) is 0 Å². The van der Waals surface area contributed by atoms with Crippen LogP contribution in [0, 0.1) is 5.82 Å². The normalized spacial score (nSPS) is 16.2. The second-order valence-electron chi connectivity index (χ2n) is 5.01. The van der Waals surface area contributed by atoms with E-state index in [1.165, 1.54) is 11.6 Å². The number of para-hydroxylation sites is 1. The zero-order valence-electron chi connectivity index (χ0n) is 11.9. The maximum Gasteiger partial charge on any atom is 0.167 e. The average Bonchev–Trinajstić information content (AvgIpc) is 2.90. The molecule has 3 nitrogen and oxygen atoms in total. The van der Waals surface area contributed by atoms with Gasteiger partial charge < -0.3 is 14.8 Å². The highest BCUT2D eigenvalue weighted by molar-refractivity contribution is 5.48. The highest BCUT2D eigenvalue weighted by Gasteiger charge is 2.21. The maximum absolute atomic E-state index is 13.8. The number of benzene rings is 2. The van der Waals surface area contributed by atoms with Gasteiger partial charge in [0.1, 0.15) is 11.9 Å². The number of rotatable bonds is 5. The summed E-state index contributed by atoms with van der Waals surface area (Å²) in [6, 6.07) is 12.9. The Labute approximate surface area is 123 Å². The van der Waals surface area contributed by atoms with Crippen molar-refractivity contribution in [1.82, 2.24) is 0 Å². The molecule has 2 aromatic carbocycles. The molecule has 4 heteroatoms. The lowest BCUT2D eigenvalue weighted by Gasteiger charge is -2.13. The number of hydrogen-bond acceptors (Lipinski definition) is 3. The van der Waals surface area contributed by atoms with E-state index in [0.29, 0.717) is 13.2 Å². The smallest absolute Gasteiger partial charge is 0.167 e. The summed E-state index contributed by atoms with van der Waals surface area (Å²) in [6.07, 6.45) is 0.958. The average molecular weight is 287 g/mol. The van der Waals surface area contributed by atoms with Crippen LogP contribution in [-0.4, -0.2) is 19.3 Å². The Morgan fingerprint density at radius 2 is 2.14 bits per heavy atom. The third-order valence-electron chi connectivity index (χ3n) is 3.48. The monoisotopic (exact) mass is 287 g/mol. The van der Waals surface area contributed by atoms with Crippen LogP contribution in [0.3, 0.4) is 0 Å². The fourth-order valence-electron chi connectivity index (χ4n) is 2.48. The van der Waals surface area contributed by atoms with Crippen LogP contribution in [0.2, 0.25) is 0 Å². The van der Waals surface area contributed by atoms with Crippen LogP contribution in [0.4, 0.5) is 10.1 Å². The first-order valence-electron chi connectivity index (χ1n) is 7.17. The van der Waals surface area contributed by atoms with Crippen molar-refractivity contribution in [1.29, 1.82) is 0 Å². The van der Waals surface area contributed by atoms with Crippen molar-refractivity contribution < 1.29 is 13.9 Å². The maximum atomic E-state index is 13.8. The van der Waals surface area contributed by atoms with Crippen LogP contribution < -0.4 is 14.8 Å². The fourth-order valence-corrected chi connectivity index (χ4v) is 2.48. The van der Waals surface area contributed by atoms with Crippen LogP contribution in [-0.2, 0) is 6.42 Å². The Kier molecular flexibility index (Phi) is 3.95. The number of nitrogens with one attached hydrogen (secondary N) is 1. The molecule has 1 unspecified atom stereocenters. The molecule has 1 heterocycles. The molecule has 0 spiro atoms. The minimum absolute atomic E-state index is 0.0806. The Hall–Kier alpha value is -2.23. The van der Waals surface area contributed by atoms with Crippen molar-refractivity contribution in [3.8, 4) is 11.5 Å². The molecule has 0 aromatic heterocycles. The summed E-state index contributed by atoms with van der Waals surface area (Å²) in [5, 5.41) is 3.21. The fraction of sp³-hybridized carbons (Fsp3) is 0.294. The second kappa shape index (κ2) is 6.04. The minimum atomic E-state index is -0.350. The molecular weight excluding hydrogens is 269 g/mol. The summed E-state index contributed by atoms with van der Waals surface area (Å²) in [6.45, 7) is 2.93.